The number of benzene rings is 1. The van der Waals surface area contributed by atoms with E-state index in [1.165, 1.54) is 19.3 Å². The van der Waals surface area contributed by atoms with E-state index >= 15 is 0 Å². The molecule has 0 N–H and O–H groups in total. The molecule has 0 unspecified atom stereocenters. The number of aryl methyl sites for hydroxylation is 1. The summed E-state index contributed by atoms with van der Waals surface area (Å²) in [6.45, 7) is 4.23. The topological polar surface area (TPSA) is 53.8 Å². The Bertz CT molecular complexity index is 842. The van der Waals surface area contributed by atoms with Crippen molar-refractivity contribution in [3.05, 3.63) is 47.8 Å². The molecule has 7 heteroatoms. The molecule has 7 nitrogen and oxygen atoms in total. The number of hydrogen-bond acceptors (Lipinski definition) is 5. The molecule has 0 aliphatic carbocycles. The lowest BCUT2D eigenvalue weighted by atomic mass is 9.98. The first-order valence-corrected chi connectivity index (χ1v) is 10.9. The van der Waals surface area contributed by atoms with Crippen molar-refractivity contribution >= 4 is 11.6 Å². The highest BCUT2D eigenvalue weighted by Gasteiger charge is 2.38. The summed E-state index contributed by atoms with van der Waals surface area (Å²) in [5.74, 6) is 0.0566. The molecule has 1 aromatic carbocycles. The Kier molecular flexibility index (Phi) is 6.39. The predicted molar refractivity (Wildman–Crippen MR) is 118 cm³/mol. The van der Waals surface area contributed by atoms with Crippen LogP contribution in [0.1, 0.15) is 41.2 Å². The van der Waals surface area contributed by atoms with Crippen molar-refractivity contribution in [3.63, 3.8) is 0 Å². The van der Waals surface area contributed by atoms with E-state index in [2.05, 4.69) is 10.00 Å². The highest BCUT2D eigenvalue weighted by molar-refractivity contribution is 5.95. The highest BCUT2D eigenvalue weighted by atomic mass is 16.5. The minimum Gasteiger partial charge on any atom is -0.378 e. The van der Waals surface area contributed by atoms with Crippen molar-refractivity contribution in [3.8, 4) is 0 Å². The third kappa shape index (κ3) is 4.52. The molecule has 2 aliphatic rings. The average molecular weight is 412 g/mol. The monoisotopic (exact) mass is 411 g/mol. The van der Waals surface area contributed by atoms with E-state index in [-0.39, 0.29) is 18.1 Å². The lowest BCUT2D eigenvalue weighted by Crippen LogP contribution is -2.52. The Morgan fingerprint density at radius 1 is 1.13 bits per heavy atom. The maximum absolute atomic E-state index is 13.5. The zero-order valence-electron chi connectivity index (χ0n) is 18.3. The van der Waals surface area contributed by atoms with Crippen molar-refractivity contribution < 1.29 is 9.53 Å². The van der Waals surface area contributed by atoms with E-state index < -0.39 is 0 Å². The van der Waals surface area contributed by atoms with Crippen LogP contribution in [0.15, 0.2) is 36.7 Å². The summed E-state index contributed by atoms with van der Waals surface area (Å²) in [5, 5.41) is 4.37. The Labute approximate surface area is 179 Å². The van der Waals surface area contributed by atoms with E-state index in [4.69, 9.17) is 4.74 Å². The van der Waals surface area contributed by atoms with Crippen LogP contribution in [0, 0.1) is 0 Å². The average Bonchev–Trinajstić information content (AvgIpc) is 3.19. The second-order valence-corrected chi connectivity index (χ2v) is 8.60. The molecule has 0 spiro atoms. The highest BCUT2D eigenvalue weighted by Crippen LogP contribution is 2.32. The van der Waals surface area contributed by atoms with Gasteiger partial charge in [-0.3, -0.25) is 9.48 Å². The molecule has 0 bridgehead atoms. The first-order valence-electron chi connectivity index (χ1n) is 10.9. The van der Waals surface area contributed by atoms with Gasteiger partial charge in [-0.05, 0) is 50.2 Å². The summed E-state index contributed by atoms with van der Waals surface area (Å²) in [5.41, 5.74) is 2.84. The summed E-state index contributed by atoms with van der Waals surface area (Å²) in [6, 6.07) is 7.71. The second kappa shape index (κ2) is 9.18. The molecule has 2 atom stereocenters. The van der Waals surface area contributed by atoms with Crippen molar-refractivity contribution in [1.29, 1.82) is 0 Å². The number of anilines is 1. The van der Waals surface area contributed by atoms with Crippen LogP contribution in [0.25, 0.3) is 0 Å². The van der Waals surface area contributed by atoms with E-state index in [1.54, 1.807) is 4.68 Å². The molecule has 2 saturated heterocycles. The van der Waals surface area contributed by atoms with Gasteiger partial charge in [-0.2, -0.15) is 5.10 Å². The van der Waals surface area contributed by atoms with Crippen LogP contribution in [-0.2, 0) is 11.8 Å². The standard InChI is InChI=1S/C23H33N5O2/c1-25(2)20-9-7-18(8-10-20)23(29)28-13-14-30-21(17-27-11-5-4-6-12-27)22(28)19-15-24-26(3)16-19/h7-10,15-16,21-22H,4-6,11-14,17H2,1-3H3/t21-,22-/m0/s1. The number of likely N-dealkylation sites (tertiary alicyclic amines) is 1. The van der Waals surface area contributed by atoms with Crippen molar-refractivity contribution in [2.45, 2.75) is 31.4 Å². The van der Waals surface area contributed by atoms with Gasteiger partial charge < -0.3 is 19.4 Å². The van der Waals surface area contributed by atoms with Crippen LogP contribution in [0.2, 0.25) is 0 Å². The number of piperidine rings is 1. The molecule has 2 fully saturated rings. The van der Waals surface area contributed by atoms with Crippen molar-refractivity contribution in [1.82, 2.24) is 19.6 Å². The quantitative estimate of drug-likeness (QED) is 0.757. The van der Waals surface area contributed by atoms with Crippen LogP contribution in [-0.4, -0.2) is 78.5 Å². The molecule has 30 heavy (non-hydrogen) atoms. The van der Waals surface area contributed by atoms with E-state index in [9.17, 15) is 4.79 Å². The largest absolute Gasteiger partial charge is 0.378 e. The number of nitrogens with zero attached hydrogens (tertiary/aromatic N) is 5. The molecule has 162 valence electrons. The van der Waals surface area contributed by atoms with Crippen LogP contribution < -0.4 is 4.90 Å². The number of carbonyl (C=O) groups excluding carboxylic acids is 1. The van der Waals surface area contributed by atoms with Gasteiger partial charge in [0.15, 0.2) is 0 Å². The maximum atomic E-state index is 13.5. The minimum atomic E-state index is -0.129. The Morgan fingerprint density at radius 2 is 1.87 bits per heavy atom. The van der Waals surface area contributed by atoms with Crippen molar-refractivity contribution in [2.75, 3.05) is 51.8 Å². The fourth-order valence-electron chi connectivity index (χ4n) is 4.57. The summed E-state index contributed by atoms with van der Waals surface area (Å²) in [4.78, 5) is 20.0. The molecular formula is C23H33N5O2. The minimum absolute atomic E-state index is 0.0500. The van der Waals surface area contributed by atoms with Crippen LogP contribution in [0.3, 0.4) is 0 Å². The lowest BCUT2D eigenvalue weighted by molar-refractivity contribution is -0.0741. The molecule has 0 saturated carbocycles. The van der Waals surface area contributed by atoms with Gasteiger partial charge in [0.2, 0.25) is 0 Å². The summed E-state index contributed by atoms with van der Waals surface area (Å²) in [6.07, 6.45) is 7.62. The van der Waals surface area contributed by atoms with Gasteiger partial charge in [0.25, 0.3) is 5.91 Å². The molecule has 2 aromatic rings. The third-order valence-electron chi connectivity index (χ3n) is 6.20. The van der Waals surface area contributed by atoms with Gasteiger partial charge in [-0.25, -0.2) is 0 Å². The summed E-state index contributed by atoms with van der Waals surface area (Å²) in [7, 11) is 5.92. The number of amides is 1. The lowest BCUT2D eigenvalue weighted by Gasteiger charge is -2.43. The first-order chi connectivity index (χ1) is 14.5. The van der Waals surface area contributed by atoms with Crippen LogP contribution >= 0.6 is 0 Å². The van der Waals surface area contributed by atoms with E-state index in [0.717, 1.165) is 30.9 Å². The molecule has 0 radical (unpaired) electrons. The molecule has 2 aliphatic heterocycles. The maximum Gasteiger partial charge on any atom is 0.254 e. The SMILES string of the molecule is CN(C)c1ccc(C(=O)N2CCO[C@@H](CN3CCCCC3)[C@@H]2c2cnn(C)c2)cc1. The zero-order valence-corrected chi connectivity index (χ0v) is 18.3. The normalized spacial score (nSPS) is 22.8. The number of morpholine rings is 1. The van der Waals surface area contributed by atoms with Crippen molar-refractivity contribution in [2.24, 2.45) is 7.05 Å². The number of rotatable bonds is 5. The Morgan fingerprint density at radius 3 is 2.50 bits per heavy atom. The number of aromatic nitrogens is 2. The predicted octanol–water partition coefficient (Wildman–Crippen LogP) is 2.55. The van der Waals surface area contributed by atoms with Gasteiger partial charge in [-0.1, -0.05) is 6.42 Å². The van der Waals surface area contributed by atoms with Crippen LogP contribution in [0.5, 0.6) is 0 Å². The van der Waals surface area contributed by atoms with Gasteiger partial charge in [0.05, 0.1) is 24.9 Å². The van der Waals surface area contributed by atoms with Gasteiger partial charge in [-0.15, -0.1) is 0 Å². The third-order valence-corrected chi connectivity index (χ3v) is 6.20. The van der Waals surface area contributed by atoms with E-state index in [0.29, 0.717) is 18.7 Å². The summed E-state index contributed by atoms with van der Waals surface area (Å²) >= 11 is 0. The fraction of sp³-hybridized carbons (Fsp3) is 0.565. The number of hydrogen-bond donors (Lipinski definition) is 0. The number of carbonyl (C=O) groups is 1. The summed E-state index contributed by atoms with van der Waals surface area (Å²) < 4.78 is 8.05. The van der Waals surface area contributed by atoms with Gasteiger partial charge in [0.1, 0.15) is 0 Å². The fourth-order valence-corrected chi connectivity index (χ4v) is 4.57. The second-order valence-electron chi connectivity index (χ2n) is 8.60. The van der Waals surface area contributed by atoms with Gasteiger partial charge >= 0.3 is 0 Å². The zero-order chi connectivity index (χ0) is 21.1. The molecular weight excluding hydrogens is 378 g/mol. The Hall–Kier alpha value is -2.38. The van der Waals surface area contributed by atoms with Crippen LogP contribution in [0.4, 0.5) is 5.69 Å². The number of ether oxygens (including phenoxy) is 1. The van der Waals surface area contributed by atoms with Gasteiger partial charge in [0, 0.05) is 57.2 Å². The first kappa shape index (κ1) is 20.9. The van der Waals surface area contributed by atoms with E-state index in [1.807, 2.05) is 67.6 Å². The molecule has 3 heterocycles. The smallest absolute Gasteiger partial charge is 0.254 e. The Balaban J connectivity index is 1.59. The molecule has 1 amide bonds. The molecule has 1 aromatic heterocycles. The molecule has 4 rings (SSSR count).